The van der Waals surface area contributed by atoms with E-state index in [1.54, 1.807) is 0 Å². The van der Waals surface area contributed by atoms with Crippen LogP contribution >= 0.6 is 11.8 Å². The predicted molar refractivity (Wildman–Crippen MR) is 56.5 cm³/mol. The van der Waals surface area contributed by atoms with Crippen molar-refractivity contribution in [3.8, 4) is 0 Å². The lowest BCUT2D eigenvalue weighted by atomic mass is 9.98. The molecule has 1 aromatic heterocycles. The highest BCUT2D eigenvalue weighted by Gasteiger charge is 2.21. The first-order valence-corrected chi connectivity index (χ1v) is 6.11. The van der Waals surface area contributed by atoms with Crippen molar-refractivity contribution in [3.05, 3.63) is 17.3 Å². The van der Waals surface area contributed by atoms with E-state index in [1.807, 2.05) is 18.7 Å². The van der Waals surface area contributed by atoms with Crippen molar-refractivity contribution in [1.82, 2.24) is 4.98 Å². The largest absolute Gasteiger partial charge is 0.443 e. The third kappa shape index (κ3) is 1.96. The molecule has 78 valence electrons. The lowest BCUT2D eigenvalue weighted by Gasteiger charge is -2.19. The summed E-state index contributed by atoms with van der Waals surface area (Å²) in [6, 6.07) is 0. The van der Waals surface area contributed by atoms with E-state index in [4.69, 9.17) is 9.52 Å². The maximum Gasteiger partial charge on any atom is 0.220 e. The van der Waals surface area contributed by atoms with Crippen molar-refractivity contribution < 1.29 is 9.52 Å². The third-order valence-electron chi connectivity index (χ3n) is 2.62. The van der Waals surface area contributed by atoms with E-state index in [-0.39, 0.29) is 6.61 Å². The number of nitrogens with zero attached hydrogens (tertiary/aromatic N) is 1. The van der Waals surface area contributed by atoms with Crippen LogP contribution in [0.3, 0.4) is 0 Å². The highest BCUT2D eigenvalue weighted by molar-refractivity contribution is 7.99. The fourth-order valence-corrected chi connectivity index (χ4v) is 2.99. The Morgan fingerprint density at radius 1 is 1.50 bits per heavy atom. The van der Waals surface area contributed by atoms with Gasteiger partial charge in [0, 0.05) is 5.92 Å². The first-order chi connectivity index (χ1) is 6.81. The average molecular weight is 213 g/mol. The second-order valence-corrected chi connectivity index (χ2v) is 4.82. The van der Waals surface area contributed by atoms with Gasteiger partial charge in [0.15, 0.2) is 0 Å². The van der Waals surface area contributed by atoms with E-state index in [2.05, 4.69) is 4.98 Å². The van der Waals surface area contributed by atoms with Crippen LogP contribution in [0.5, 0.6) is 0 Å². The molecule has 1 aliphatic rings. The Morgan fingerprint density at radius 2 is 2.21 bits per heavy atom. The smallest absolute Gasteiger partial charge is 0.220 e. The molecule has 2 rings (SSSR count). The second kappa shape index (κ2) is 4.36. The summed E-state index contributed by atoms with van der Waals surface area (Å²) in [5, 5.41) is 8.91. The Balaban J connectivity index is 2.17. The van der Waals surface area contributed by atoms with Gasteiger partial charge in [0.05, 0.1) is 5.69 Å². The van der Waals surface area contributed by atoms with Crippen molar-refractivity contribution in [2.75, 3.05) is 11.5 Å². The molecule has 0 saturated carbocycles. The zero-order chi connectivity index (χ0) is 9.97. The Kier molecular flexibility index (Phi) is 3.13. The molecule has 1 fully saturated rings. The van der Waals surface area contributed by atoms with Crippen molar-refractivity contribution in [2.24, 2.45) is 0 Å². The minimum absolute atomic E-state index is 0.0949. The quantitative estimate of drug-likeness (QED) is 0.817. The first kappa shape index (κ1) is 10.1. The van der Waals surface area contributed by atoms with Crippen LogP contribution in [0, 0.1) is 6.92 Å². The second-order valence-electron chi connectivity index (χ2n) is 3.59. The van der Waals surface area contributed by atoms with Crippen molar-refractivity contribution in [2.45, 2.75) is 32.3 Å². The molecule has 2 heterocycles. The fraction of sp³-hybridized carbons (Fsp3) is 0.700. The van der Waals surface area contributed by atoms with E-state index in [9.17, 15) is 0 Å². The average Bonchev–Trinajstić information content (AvgIpc) is 2.61. The molecule has 1 saturated heterocycles. The van der Waals surface area contributed by atoms with Crippen molar-refractivity contribution >= 4 is 11.8 Å². The highest BCUT2D eigenvalue weighted by atomic mass is 32.2. The van der Waals surface area contributed by atoms with Gasteiger partial charge < -0.3 is 9.52 Å². The molecule has 0 atom stereocenters. The summed E-state index contributed by atoms with van der Waals surface area (Å²) in [6.07, 6.45) is 2.37. The molecule has 0 aliphatic carbocycles. The summed E-state index contributed by atoms with van der Waals surface area (Å²) in [4.78, 5) is 4.33. The highest BCUT2D eigenvalue weighted by Crippen LogP contribution is 2.32. The maximum absolute atomic E-state index is 8.91. The summed E-state index contributed by atoms with van der Waals surface area (Å²) in [6.45, 7) is 1.84. The minimum atomic E-state index is -0.0949. The number of aliphatic hydroxyl groups is 1. The van der Waals surface area contributed by atoms with Crippen molar-refractivity contribution in [3.63, 3.8) is 0 Å². The van der Waals surface area contributed by atoms with E-state index < -0.39 is 0 Å². The molecule has 0 aromatic carbocycles. The molecule has 0 unspecified atom stereocenters. The summed E-state index contributed by atoms with van der Waals surface area (Å²) < 4.78 is 5.35. The normalized spacial score (nSPS) is 18.7. The molecule has 0 spiro atoms. The van der Waals surface area contributed by atoms with Gasteiger partial charge in [0.1, 0.15) is 12.4 Å². The fourth-order valence-electron chi connectivity index (χ4n) is 1.88. The molecule has 4 heteroatoms. The van der Waals surface area contributed by atoms with E-state index in [1.165, 1.54) is 24.3 Å². The number of aliphatic hydroxyl groups excluding tert-OH is 1. The van der Waals surface area contributed by atoms with Gasteiger partial charge in [0.25, 0.3) is 0 Å². The van der Waals surface area contributed by atoms with Gasteiger partial charge in [-0.1, -0.05) is 0 Å². The molecule has 3 nitrogen and oxygen atoms in total. The van der Waals surface area contributed by atoms with E-state index >= 15 is 0 Å². The summed E-state index contributed by atoms with van der Waals surface area (Å²) in [7, 11) is 0. The maximum atomic E-state index is 8.91. The van der Waals surface area contributed by atoms with Crippen LogP contribution in [0.4, 0.5) is 0 Å². The number of aryl methyl sites for hydroxylation is 1. The number of thioether (sulfide) groups is 1. The van der Waals surface area contributed by atoms with Gasteiger partial charge in [-0.15, -0.1) is 0 Å². The predicted octanol–water partition coefficient (Wildman–Crippen LogP) is 2.09. The van der Waals surface area contributed by atoms with Gasteiger partial charge in [0.2, 0.25) is 5.89 Å². The van der Waals surface area contributed by atoms with Crippen LogP contribution in [-0.2, 0) is 6.61 Å². The molecule has 0 radical (unpaired) electrons. The summed E-state index contributed by atoms with van der Waals surface area (Å²) >= 11 is 2.00. The lowest BCUT2D eigenvalue weighted by Crippen LogP contribution is -2.09. The molecule has 0 amide bonds. The molecule has 1 N–H and O–H groups in total. The molecule has 0 bridgehead atoms. The van der Waals surface area contributed by atoms with Crippen LogP contribution in [0.15, 0.2) is 4.42 Å². The number of aromatic nitrogens is 1. The summed E-state index contributed by atoms with van der Waals surface area (Å²) in [5.41, 5.74) is 1.06. The number of hydrogen-bond donors (Lipinski definition) is 1. The van der Waals surface area contributed by atoms with Crippen LogP contribution in [0.2, 0.25) is 0 Å². The zero-order valence-corrected chi connectivity index (χ0v) is 9.14. The van der Waals surface area contributed by atoms with Crippen LogP contribution in [0.25, 0.3) is 0 Å². The SMILES string of the molecule is Cc1oc(CO)nc1C1CCSCC1. The molecule has 14 heavy (non-hydrogen) atoms. The van der Waals surface area contributed by atoms with Crippen LogP contribution < -0.4 is 0 Å². The number of hydrogen-bond acceptors (Lipinski definition) is 4. The van der Waals surface area contributed by atoms with Crippen LogP contribution in [0.1, 0.15) is 36.1 Å². The Bertz CT molecular complexity index is 305. The monoisotopic (exact) mass is 213 g/mol. The Hall–Kier alpha value is -0.480. The van der Waals surface area contributed by atoms with E-state index in [0.29, 0.717) is 11.8 Å². The van der Waals surface area contributed by atoms with Crippen molar-refractivity contribution in [1.29, 1.82) is 0 Å². The molecular weight excluding hydrogens is 198 g/mol. The molecular formula is C10H15NO2S. The molecule has 1 aromatic rings. The van der Waals surface area contributed by atoms with Gasteiger partial charge in [-0.2, -0.15) is 11.8 Å². The van der Waals surface area contributed by atoms with Crippen LogP contribution in [-0.4, -0.2) is 21.6 Å². The first-order valence-electron chi connectivity index (χ1n) is 4.96. The van der Waals surface area contributed by atoms with Gasteiger partial charge >= 0.3 is 0 Å². The van der Waals surface area contributed by atoms with Gasteiger partial charge in [-0.25, -0.2) is 4.98 Å². The van der Waals surface area contributed by atoms with Gasteiger partial charge in [-0.3, -0.25) is 0 Å². The summed E-state index contributed by atoms with van der Waals surface area (Å²) in [5.74, 6) is 4.30. The lowest BCUT2D eigenvalue weighted by molar-refractivity contribution is 0.238. The Morgan fingerprint density at radius 3 is 2.79 bits per heavy atom. The zero-order valence-electron chi connectivity index (χ0n) is 8.32. The van der Waals surface area contributed by atoms with Gasteiger partial charge in [-0.05, 0) is 31.3 Å². The van der Waals surface area contributed by atoms with E-state index in [0.717, 1.165) is 11.5 Å². The standard InChI is InChI=1S/C10H15NO2S/c1-7-10(11-9(6-12)13-7)8-2-4-14-5-3-8/h8,12H,2-6H2,1H3. The third-order valence-corrected chi connectivity index (χ3v) is 3.67. The number of oxazole rings is 1. The number of rotatable bonds is 2. The topological polar surface area (TPSA) is 46.3 Å². The minimum Gasteiger partial charge on any atom is -0.443 e. The Labute approximate surface area is 87.9 Å². The molecule has 1 aliphatic heterocycles.